The fourth-order valence-corrected chi connectivity index (χ4v) is 3.91. The second-order valence-corrected chi connectivity index (χ2v) is 6.81. The van der Waals surface area contributed by atoms with E-state index in [-0.39, 0.29) is 5.91 Å². The Balaban J connectivity index is 1.62. The van der Waals surface area contributed by atoms with Gasteiger partial charge in [0.05, 0.1) is 12.8 Å². The van der Waals surface area contributed by atoms with Gasteiger partial charge in [0.1, 0.15) is 0 Å². The number of hydrogen-bond acceptors (Lipinski definition) is 3. The van der Waals surface area contributed by atoms with Crippen LogP contribution in [0.1, 0.15) is 29.3 Å². The molecule has 1 atom stereocenters. The number of aromatic amines is 1. The Bertz CT molecular complexity index is 978. The molecule has 27 heavy (non-hydrogen) atoms. The minimum atomic E-state index is -0.713. The minimum Gasteiger partial charge on any atom is -0.467 e. The lowest BCUT2D eigenvalue weighted by Crippen LogP contribution is -2.44. The Morgan fingerprint density at radius 3 is 2.63 bits per heavy atom. The number of methoxy groups -OCH3 is 1. The number of carbonyl (C=O) groups excluding carboxylic acids is 2. The van der Waals surface area contributed by atoms with Crippen molar-refractivity contribution in [2.75, 3.05) is 13.7 Å². The SMILES string of the molecule is COC(=O)C1c2[nH]c3ccccc3c2CCN1C(=O)CCc1ccccc1. The van der Waals surface area contributed by atoms with E-state index in [1.165, 1.54) is 7.11 Å². The average Bonchev–Trinajstić information content (AvgIpc) is 3.10. The van der Waals surface area contributed by atoms with Crippen LogP contribution in [-0.2, 0) is 27.2 Å². The van der Waals surface area contributed by atoms with Gasteiger partial charge in [0, 0.05) is 23.9 Å². The quantitative estimate of drug-likeness (QED) is 0.724. The van der Waals surface area contributed by atoms with Crippen molar-refractivity contribution in [1.29, 1.82) is 0 Å². The van der Waals surface area contributed by atoms with Gasteiger partial charge in [0.25, 0.3) is 0 Å². The molecule has 0 spiro atoms. The maximum atomic E-state index is 12.9. The molecule has 1 N–H and O–H groups in total. The van der Waals surface area contributed by atoms with Gasteiger partial charge in [0.2, 0.25) is 5.91 Å². The Morgan fingerprint density at radius 2 is 1.85 bits per heavy atom. The van der Waals surface area contributed by atoms with E-state index >= 15 is 0 Å². The molecule has 3 aromatic rings. The van der Waals surface area contributed by atoms with Crippen molar-refractivity contribution < 1.29 is 14.3 Å². The third kappa shape index (κ3) is 3.21. The van der Waals surface area contributed by atoms with Gasteiger partial charge < -0.3 is 14.6 Å². The summed E-state index contributed by atoms with van der Waals surface area (Å²) in [7, 11) is 1.37. The lowest BCUT2D eigenvalue weighted by Gasteiger charge is -2.34. The summed E-state index contributed by atoms with van der Waals surface area (Å²) in [6.45, 7) is 0.516. The standard InChI is InChI=1S/C22H22N2O3/c1-27-22(26)21-20-17(16-9-5-6-10-18(16)23-20)13-14-24(21)19(25)12-11-15-7-3-2-4-8-15/h2-10,21,23H,11-14H2,1H3. The predicted molar refractivity (Wildman–Crippen MR) is 103 cm³/mol. The number of benzene rings is 2. The van der Waals surface area contributed by atoms with Gasteiger partial charge in [-0.15, -0.1) is 0 Å². The van der Waals surface area contributed by atoms with Crippen molar-refractivity contribution >= 4 is 22.8 Å². The molecule has 1 unspecified atom stereocenters. The van der Waals surface area contributed by atoms with Crippen LogP contribution in [-0.4, -0.2) is 35.4 Å². The van der Waals surface area contributed by atoms with E-state index in [0.29, 0.717) is 19.4 Å². The first-order chi connectivity index (χ1) is 13.2. The zero-order valence-corrected chi connectivity index (χ0v) is 15.3. The number of esters is 1. The van der Waals surface area contributed by atoms with Crippen LogP contribution in [0.15, 0.2) is 54.6 Å². The Labute approximate surface area is 157 Å². The summed E-state index contributed by atoms with van der Waals surface area (Å²) in [6, 6.07) is 17.2. The first-order valence-electron chi connectivity index (χ1n) is 9.19. The van der Waals surface area contributed by atoms with Gasteiger partial charge in [-0.25, -0.2) is 4.79 Å². The van der Waals surface area contributed by atoms with E-state index in [2.05, 4.69) is 4.98 Å². The number of ether oxygens (including phenoxy) is 1. The highest BCUT2D eigenvalue weighted by molar-refractivity contribution is 5.91. The highest BCUT2D eigenvalue weighted by Gasteiger charge is 2.38. The van der Waals surface area contributed by atoms with Crippen LogP contribution in [0.5, 0.6) is 0 Å². The number of nitrogens with zero attached hydrogens (tertiary/aromatic N) is 1. The van der Waals surface area contributed by atoms with Crippen LogP contribution < -0.4 is 0 Å². The molecule has 2 aromatic carbocycles. The summed E-state index contributed by atoms with van der Waals surface area (Å²) in [4.78, 5) is 30.5. The molecule has 5 heteroatoms. The summed E-state index contributed by atoms with van der Waals surface area (Å²) in [5, 5.41) is 1.11. The molecule has 5 nitrogen and oxygen atoms in total. The molecule has 0 fully saturated rings. The second kappa shape index (κ2) is 7.27. The first-order valence-corrected chi connectivity index (χ1v) is 9.19. The van der Waals surface area contributed by atoms with Crippen LogP contribution in [0.25, 0.3) is 10.9 Å². The Morgan fingerprint density at radius 1 is 1.11 bits per heavy atom. The lowest BCUT2D eigenvalue weighted by molar-refractivity contribution is -0.154. The molecule has 2 heterocycles. The van der Waals surface area contributed by atoms with Gasteiger partial charge in [-0.3, -0.25) is 4.79 Å². The van der Waals surface area contributed by atoms with Crippen LogP contribution in [0.4, 0.5) is 0 Å². The zero-order valence-electron chi connectivity index (χ0n) is 15.3. The number of rotatable bonds is 4. The largest absolute Gasteiger partial charge is 0.467 e. The maximum Gasteiger partial charge on any atom is 0.334 e. The third-order valence-corrected chi connectivity index (χ3v) is 5.25. The molecule has 0 saturated carbocycles. The fraction of sp³-hybridized carbons (Fsp3) is 0.273. The molecule has 4 rings (SSSR count). The topological polar surface area (TPSA) is 62.4 Å². The Hall–Kier alpha value is -3.08. The predicted octanol–water partition coefficient (Wildman–Crippen LogP) is 3.40. The molecule has 1 aliphatic heterocycles. The van der Waals surface area contributed by atoms with E-state index in [0.717, 1.165) is 34.1 Å². The lowest BCUT2D eigenvalue weighted by atomic mass is 9.96. The molecule has 0 bridgehead atoms. The number of H-pyrrole nitrogens is 1. The zero-order chi connectivity index (χ0) is 18.8. The highest BCUT2D eigenvalue weighted by Crippen LogP contribution is 2.35. The number of amides is 1. The molecule has 0 saturated heterocycles. The van der Waals surface area contributed by atoms with Crippen molar-refractivity contribution in [1.82, 2.24) is 9.88 Å². The number of nitrogens with one attached hydrogen (secondary N) is 1. The van der Waals surface area contributed by atoms with E-state index in [1.54, 1.807) is 4.90 Å². The molecular formula is C22H22N2O3. The molecule has 1 aromatic heterocycles. The van der Waals surface area contributed by atoms with Gasteiger partial charge >= 0.3 is 5.97 Å². The van der Waals surface area contributed by atoms with E-state index in [4.69, 9.17) is 4.74 Å². The van der Waals surface area contributed by atoms with Gasteiger partial charge in [-0.1, -0.05) is 48.5 Å². The number of fused-ring (bicyclic) bond motifs is 3. The van der Waals surface area contributed by atoms with Crippen molar-refractivity contribution in [3.8, 4) is 0 Å². The summed E-state index contributed by atoms with van der Waals surface area (Å²) in [6.07, 6.45) is 1.75. The minimum absolute atomic E-state index is 0.0291. The fourth-order valence-electron chi connectivity index (χ4n) is 3.91. The van der Waals surface area contributed by atoms with Crippen LogP contribution >= 0.6 is 0 Å². The normalized spacial score (nSPS) is 16.2. The third-order valence-electron chi connectivity index (χ3n) is 5.25. The average molecular weight is 362 g/mol. The molecule has 1 amide bonds. The van der Waals surface area contributed by atoms with Crippen LogP contribution in [0.3, 0.4) is 0 Å². The smallest absolute Gasteiger partial charge is 0.334 e. The van der Waals surface area contributed by atoms with Crippen molar-refractivity contribution in [3.05, 3.63) is 71.4 Å². The first kappa shape index (κ1) is 17.3. The number of aromatic nitrogens is 1. The summed E-state index contributed by atoms with van der Waals surface area (Å²) in [5.41, 5.74) is 3.98. The molecule has 0 radical (unpaired) electrons. The molecular weight excluding hydrogens is 340 g/mol. The number of carbonyl (C=O) groups is 2. The van der Waals surface area contributed by atoms with E-state index in [1.807, 2.05) is 54.6 Å². The van der Waals surface area contributed by atoms with Crippen molar-refractivity contribution in [2.45, 2.75) is 25.3 Å². The summed E-state index contributed by atoms with van der Waals surface area (Å²) in [5.74, 6) is -0.436. The Kier molecular flexibility index (Phi) is 4.67. The molecule has 138 valence electrons. The van der Waals surface area contributed by atoms with Gasteiger partial charge in [-0.2, -0.15) is 0 Å². The van der Waals surface area contributed by atoms with Crippen LogP contribution in [0, 0.1) is 0 Å². The molecule has 1 aliphatic rings. The summed E-state index contributed by atoms with van der Waals surface area (Å²) < 4.78 is 5.03. The molecule has 0 aliphatic carbocycles. The van der Waals surface area contributed by atoms with E-state index < -0.39 is 12.0 Å². The van der Waals surface area contributed by atoms with E-state index in [9.17, 15) is 9.59 Å². The number of hydrogen-bond donors (Lipinski definition) is 1. The van der Waals surface area contributed by atoms with Crippen LogP contribution in [0.2, 0.25) is 0 Å². The van der Waals surface area contributed by atoms with Gasteiger partial charge in [-0.05, 0) is 30.0 Å². The monoisotopic (exact) mass is 362 g/mol. The second-order valence-electron chi connectivity index (χ2n) is 6.81. The summed E-state index contributed by atoms with van der Waals surface area (Å²) >= 11 is 0. The number of para-hydroxylation sites is 1. The van der Waals surface area contributed by atoms with Crippen molar-refractivity contribution in [2.24, 2.45) is 0 Å². The van der Waals surface area contributed by atoms with Gasteiger partial charge in [0.15, 0.2) is 6.04 Å². The highest BCUT2D eigenvalue weighted by atomic mass is 16.5. The maximum absolute atomic E-state index is 12.9. The number of aryl methyl sites for hydroxylation is 1. The van der Waals surface area contributed by atoms with Crippen molar-refractivity contribution in [3.63, 3.8) is 0 Å².